The average molecular weight is 154 g/mol. The Morgan fingerprint density at radius 3 is 2.36 bits per heavy atom. The molecule has 0 atom stereocenters. The number of aromatic nitrogens is 2. The summed E-state index contributed by atoms with van der Waals surface area (Å²) in [6, 6.07) is 0. The molecule has 0 aromatic carbocycles. The molecule has 0 amide bonds. The molecule has 0 spiro atoms. The van der Waals surface area contributed by atoms with Crippen LogP contribution >= 0.6 is 0 Å². The van der Waals surface area contributed by atoms with E-state index >= 15 is 0 Å². The molecule has 1 aliphatic rings. The molecular formula is C8H14N2O. The Kier molecular flexibility index (Phi) is 2.63. The summed E-state index contributed by atoms with van der Waals surface area (Å²) in [5.41, 5.74) is 0. The van der Waals surface area contributed by atoms with Crippen molar-refractivity contribution in [3.05, 3.63) is 11.7 Å². The minimum absolute atomic E-state index is 0.613. The van der Waals surface area contributed by atoms with Gasteiger partial charge in [0.2, 0.25) is 5.89 Å². The highest BCUT2D eigenvalue weighted by Crippen LogP contribution is 2.37. The van der Waals surface area contributed by atoms with E-state index in [1.165, 1.54) is 12.8 Å². The van der Waals surface area contributed by atoms with Gasteiger partial charge in [0, 0.05) is 12.8 Å². The lowest BCUT2D eigenvalue weighted by atomic mass is 10.4. The van der Waals surface area contributed by atoms with E-state index < -0.39 is 0 Å². The van der Waals surface area contributed by atoms with Gasteiger partial charge in [-0.05, 0) is 12.8 Å². The first-order valence-electron chi connectivity index (χ1n) is 4.16. The quantitative estimate of drug-likeness (QED) is 0.623. The average Bonchev–Trinajstić information content (AvgIpc) is 2.80. The van der Waals surface area contributed by atoms with Crippen molar-refractivity contribution >= 4 is 0 Å². The highest BCUT2D eigenvalue weighted by atomic mass is 16.5. The Hall–Kier alpha value is -0.860. The zero-order valence-electron chi connectivity index (χ0n) is 7.29. The molecular weight excluding hydrogens is 140 g/mol. The van der Waals surface area contributed by atoms with Crippen LogP contribution in [0.1, 0.15) is 44.3 Å². The molecule has 1 aromatic rings. The summed E-state index contributed by atoms with van der Waals surface area (Å²) < 4.78 is 4.80. The SMILES string of the molecule is CC.Cc1nc(C2CC2)no1. The summed E-state index contributed by atoms with van der Waals surface area (Å²) in [7, 11) is 0. The maximum Gasteiger partial charge on any atom is 0.223 e. The van der Waals surface area contributed by atoms with Crippen molar-refractivity contribution in [3.8, 4) is 0 Å². The fourth-order valence-electron chi connectivity index (χ4n) is 0.822. The first-order chi connectivity index (χ1) is 5.36. The Morgan fingerprint density at radius 2 is 2.00 bits per heavy atom. The van der Waals surface area contributed by atoms with E-state index in [1.807, 2.05) is 20.8 Å². The van der Waals surface area contributed by atoms with E-state index in [2.05, 4.69) is 10.1 Å². The van der Waals surface area contributed by atoms with Crippen molar-refractivity contribution in [2.75, 3.05) is 0 Å². The third kappa shape index (κ3) is 2.03. The fourth-order valence-corrected chi connectivity index (χ4v) is 0.822. The van der Waals surface area contributed by atoms with Gasteiger partial charge in [-0.25, -0.2) is 0 Å². The van der Waals surface area contributed by atoms with E-state index in [9.17, 15) is 0 Å². The molecule has 0 saturated heterocycles. The Balaban J connectivity index is 0.000000281. The van der Waals surface area contributed by atoms with E-state index in [-0.39, 0.29) is 0 Å². The van der Waals surface area contributed by atoms with Crippen LogP contribution in [0.4, 0.5) is 0 Å². The van der Waals surface area contributed by atoms with E-state index in [0.29, 0.717) is 11.8 Å². The lowest BCUT2D eigenvalue weighted by Gasteiger charge is -1.77. The predicted molar refractivity (Wildman–Crippen MR) is 42.4 cm³/mol. The molecule has 1 heterocycles. The van der Waals surface area contributed by atoms with Gasteiger partial charge in [0.15, 0.2) is 5.82 Å². The number of nitrogens with zero attached hydrogens (tertiary/aromatic N) is 2. The largest absolute Gasteiger partial charge is 0.340 e. The Bertz CT molecular complexity index is 216. The molecule has 1 aliphatic carbocycles. The second-order valence-corrected chi connectivity index (χ2v) is 2.45. The van der Waals surface area contributed by atoms with Crippen LogP contribution in [0.25, 0.3) is 0 Å². The van der Waals surface area contributed by atoms with Gasteiger partial charge in [-0.2, -0.15) is 4.98 Å². The van der Waals surface area contributed by atoms with Gasteiger partial charge < -0.3 is 4.52 Å². The van der Waals surface area contributed by atoms with Crippen LogP contribution in [0.3, 0.4) is 0 Å². The second-order valence-electron chi connectivity index (χ2n) is 2.45. The molecule has 0 radical (unpaired) electrons. The van der Waals surface area contributed by atoms with E-state index in [4.69, 9.17) is 4.52 Å². The maximum atomic E-state index is 4.80. The Labute approximate surface area is 66.8 Å². The van der Waals surface area contributed by atoms with Gasteiger partial charge in [0.05, 0.1) is 0 Å². The molecule has 0 N–H and O–H groups in total. The monoisotopic (exact) mass is 154 g/mol. The van der Waals surface area contributed by atoms with Crippen molar-refractivity contribution in [1.82, 2.24) is 10.1 Å². The molecule has 3 heteroatoms. The second kappa shape index (κ2) is 3.51. The summed E-state index contributed by atoms with van der Waals surface area (Å²) in [6.07, 6.45) is 2.47. The first-order valence-corrected chi connectivity index (χ1v) is 4.16. The molecule has 0 aliphatic heterocycles. The molecule has 62 valence electrons. The summed E-state index contributed by atoms with van der Waals surface area (Å²) in [5.74, 6) is 2.19. The smallest absolute Gasteiger partial charge is 0.223 e. The summed E-state index contributed by atoms with van der Waals surface area (Å²) >= 11 is 0. The van der Waals surface area contributed by atoms with Gasteiger partial charge in [-0.3, -0.25) is 0 Å². The van der Waals surface area contributed by atoms with Crippen LogP contribution < -0.4 is 0 Å². The van der Waals surface area contributed by atoms with Crippen molar-refractivity contribution in [1.29, 1.82) is 0 Å². The van der Waals surface area contributed by atoms with Gasteiger partial charge in [-0.15, -0.1) is 0 Å². The lowest BCUT2D eigenvalue weighted by Crippen LogP contribution is -1.80. The third-order valence-corrected chi connectivity index (χ3v) is 1.49. The van der Waals surface area contributed by atoms with Crippen LogP contribution in [0.2, 0.25) is 0 Å². The van der Waals surface area contributed by atoms with Crippen LogP contribution in [-0.2, 0) is 0 Å². The minimum Gasteiger partial charge on any atom is -0.340 e. The summed E-state index contributed by atoms with van der Waals surface area (Å²) in [6.45, 7) is 5.82. The molecule has 3 nitrogen and oxygen atoms in total. The zero-order valence-corrected chi connectivity index (χ0v) is 7.29. The number of hydrogen-bond donors (Lipinski definition) is 0. The van der Waals surface area contributed by atoms with Crippen LogP contribution in [0.15, 0.2) is 4.52 Å². The summed E-state index contributed by atoms with van der Waals surface area (Å²) in [5, 5.41) is 3.79. The van der Waals surface area contributed by atoms with Crippen molar-refractivity contribution < 1.29 is 4.52 Å². The molecule has 2 rings (SSSR count). The highest BCUT2D eigenvalue weighted by Gasteiger charge is 2.27. The van der Waals surface area contributed by atoms with Gasteiger partial charge in [-0.1, -0.05) is 19.0 Å². The number of aryl methyl sites for hydroxylation is 1. The number of rotatable bonds is 1. The van der Waals surface area contributed by atoms with Crippen LogP contribution in [-0.4, -0.2) is 10.1 Å². The van der Waals surface area contributed by atoms with Gasteiger partial charge in [0.1, 0.15) is 0 Å². The van der Waals surface area contributed by atoms with Gasteiger partial charge >= 0.3 is 0 Å². The topological polar surface area (TPSA) is 38.9 Å². The normalized spacial score (nSPS) is 15.5. The van der Waals surface area contributed by atoms with E-state index in [0.717, 1.165) is 5.82 Å². The highest BCUT2D eigenvalue weighted by molar-refractivity contribution is 5.02. The molecule has 0 bridgehead atoms. The van der Waals surface area contributed by atoms with Crippen molar-refractivity contribution in [2.24, 2.45) is 0 Å². The Morgan fingerprint density at radius 1 is 1.36 bits per heavy atom. The van der Waals surface area contributed by atoms with Crippen LogP contribution in [0.5, 0.6) is 0 Å². The summed E-state index contributed by atoms with van der Waals surface area (Å²) in [4.78, 5) is 4.09. The zero-order chi connectivity index (χ0) is 8.27. The molecule has 0 unspecified atom stereocenters. The van der Waals surface area contributed by atoms with E-state index in [1.54, 1.807) is 0 Å². The number of hydrogen-bond acceptors (Lipinski definition) is 3. The maximum absolute atomic E-state index is 4.80. The molecule has 1 fully saturated rings. The predicted octanol–water partition coefficient (Wildman–Crippen LogP) is 2.28. The molecule has 1 saturated carbocycles. The van der Waals surface area contributed by atoms with Gasteiger partial charge in [0.25, 0.3) is 0 Å². The third-order valence-electron chi connectivity index (χ3n) is 1.49. The molecule has 1 aromatic heterocycles. The fraction of sp³-hybridized carbons (Fsp3) is 0.750. The van der Waals surface area contributed by atoms with Crippen LogP contribution in [0, 0.1) is 6.92 Å². The standard InChI is InChI=1S/C6H8N2O.C2H6/c1-4-7-6(8-9-4)5-2-3-5;1-2/h5H,2-3H2,1H3;1-2H3. The minimum atomic E-state index is 0.613. The van der Waals surface area contributed by atoms with Crippen molar-refractivity contribution in [2.45, 2.75) is 39.5 Å². The van der Waals surface area contributed by atoms with Crippen molar-refractivity contribution in [3.63, 3.8) is 0 Å². The lowest BCUT2D eigenvalue weighted by molar-refractivity contribution is 0.387. The first kappa shape index (κ1) is 8.24. The molecule has 11 heavy (non-hydrogen) atoms.